The number of hydrogen-bond acceptors (Lipinski definition) is 5. The van der Waals surface area contributed by atoms with Gasteiger partial charge in [0.05, 0.1) is 4.92 Å². The molecule has 1 saturated heterocycles. The average Bonchev–Trinajstić information content (AvgIpc) is 2.59. The van der Waals surface area contributed by atoms with Crippen molar-refractivity contribution < 1.29 is 19.6 Å². The zero-order chi connectivity index (χ0) is 18.2. The summed E-state index contributed by atoms with van der Waals surface area (Å²) in [4.78, 5) is 34.8. The van der Waals surface area contributed by atoms with Gasteiger partial charge in [0.25, 0.3) is 5.69 Å². The standard InChI is InChI=1S/C17H23N3O5/c21-16(19-10-7-13(8-11-19)12-17(22)23)2-1-9-18-14-3-5-15(6-4-14)20(24)25/h3-6,13,18H,1-2,7-12H2,(H,22,23). The summed E-state index contributed by atoms with van der Waals surface area (Å²) in [5.41, 5.74) is 0.833. The Labute approximate surface area is 146 Å². The summed E-state index contributed by atoms with van der Waals surface area (Å²) < 4.78 is 0. The first-order valence-corrected chi connectivity index (χ1v) is 8.43. The van der Waals surface area contributed by atoms with Crippen LogP contribution in [-0.4, -0.2) is 46.4 Å². The fraction of sp³-hybridized carbons (Fsp3) is 0.529. The van der Waals surface area contributed by atoms with E-state index in [2.05, 4.69) is 5.32 Å². The van der Waals surface area contributed by atoms with E-state index in [4.69, 9.17) is 5.11 Å². The molecule has 1 aromatic rings. The number of non-ortho nitro benzene ring substituents is 1. The van der Waals surface area contributed by atoms with E-state index in [9.17, 15) is 19.7 Å². The molecule has 0 saturated carbocycles. The molecule has 0 aromatic heterocycles. The van der Waals surface area contributed by atoms with Gasteiger partial charge < -0.3 is 15.3 Å². The molecular weight excluding hydrogens is 326 g/mol. The Morgan fingerprint density at radius 3 is 2.44 bits per heavy atom. The molecule has 0 aliphatic carbocycles. The Morgan fingerprint density at radius 2 is 1.88 bits per heavy atom. The van der Waals surface area contributed by atoms with Crippen molar-refractivity contribution in [2.45, 2.75) is 32.1 Å². The third-order valence-electron chi connectivity index (χ3n) is 4.41. The van der Waals surface area contributed by atoms with Crippen LogP contribution >= 0.6 is 0 Å². The Balaban J connectivity index is 1.64. The van der Waals surface area contributed by atoms with Gasteiger partial charge in [0, 0.05) is 50.3 Å². The maximum atomic E-state index is 12.2. The number of carbonyl (C=O) groups is 2. The molecule has 0 radical (unpaired) electrons. The molecule has 0 spiro atoms. The number of benzene rings is 1. The second-order valence-electron chi connectivity index (χ2n) is 6.26. The van der Waals surface area contributed by atoms with Crippen molar-refractivity contribution in [3.8, 4) is 0 Å². The highest BCUT2D eigenvalue weighted by atomic mass is 16.6. The number of nitro groups is 1. The topological polar surface area (TPSA) is 113 Å². The second kappa shape index (κ2) is 9.00. The van der Waals surface area contributed by atoms with Crippen LogP contribution < -0.4 is 5.32 Å². The lowest BCUT2D eigenvalue weighted by Crippen LogP contribution is -2.38. The van der Waals surface area contributed by atoms with Crippen LogP contribution in [0.1, 0.15) is 32.1 Å². The first-order valence-electron chi connectivity index (χ1n) is 8.43. The molecule has 2 rings (SSSR count). The Kier molecular flexibility index (Phi) is 6.73. The normalized spacial score (nSPS) is 15.0. The van der Waals surface area contributed by atoms with Crippen molar-refractivity contribution in [1.82, 2.24) is 4.90 Å². The summed E-state index contributed by atoms with van der Waals surface area (Å²) in [6.45, 7) is 1.87. The van der Waals surface area contributed by atoms with Gasteiger partial charge >= 0.3 is 5.97 Å². The number of nitrogens with one attached hydrogen (secondary N) is 1. The summed E-state index contributed by atoms with van der Waals surface area (Å²) in [7, 11) is 0. The van der Waals surface area contributed by atoms with Gasteiger partial charge in [-0.05, 0) is 37.3 Å². The van der Waals surface area contributed by atoms with E-state index >= 15 is 0 Å². The molecule has 25 heavy (non-hydrogen) atoms. The van der Waals surface area contributed by atoms with Crippen LogP contribution in [0.5, 0.6) is 0 Å². The lowest BCUT2D eigenvalue weighted by molar-refractivity contribution is -0.384. The molecule has 8 nitrogen and oxygen atoms in total. The number of nitro benzene ring substituents is 1. The summed E-state index contributed by atoms with van der Waals surface area (Å²) in [5.74, 6) is -0.508. The van der Waals surface area contributed by atoms with Crippen LogP contribution in [-0.2, 0) is 9.59 Å². The predicted octanol–water partition coefficient (Wildman–Crippen LogP) is 2.50. The van der Waals surface area contributed by atoms with E-state index in [0.717, 1.165) is 18.5 Å². The van der Waals surface area contributed by atoms with E-state index in [1.54, 1.807) is 12.1 Å². The molecule has 0 unspecified atom stereocenters. The van der Waals surface area contributed by atoms with Crippen molar-refractivity contribution >= 4 is 23.3 Å². The SMILES string of the molecule is O=C(O)CC1CCN(C(=O)CCCNc2ccc([N+](=O)[O-])cc2)CC1. The molecule has 1 aliphatic rings. The highest BCUT2D eigenvalue weighted by Gasteiger charge is 2.23. The minimum absolute atomic E-state index is 0.0482. The molecule has 1 heterocycles. The van der Waals surface area contributed by atoms with Crippen LogP contribution in [0.25, 0.3) is 0 Å². The van der Waals surface area contributed by atoms with Gasteiger partial charge in [-0.3, -0.25) is 19.7 Å². The van der Waals surface area contributed by atoms with Crippen LogP contribution in [0.3, 0.4) is 0 Å². The quantitative estimate of drug-likeness (QED) is 0.423. The number of aliphatic carboxylic acids is 1. The van der Waals surface area contributed by atoms with Crippen LogP contribution in [0.4, 0.5) is 11.4 Å². The number of anilines is 1. The van der Waals surface area contributed by atoms with E-state index in [1.165, 1.54) is 12.1 Å². The molecule has 1 aliphatic heterocycles. The van der Waals surface area contributed by atoms with Crippen LogP contribution in [0.2, 0.25) is 0 Å². The molecule has 136 valence electrons. The van der Waals surface area contributed by atoms with Gasteiger partial charge in [0.1, 0.15) is 0 Å². The minimum atomic E-state index is -0.776. The number of amides is 1. The largest absolute Gasteiger partial charge is 0.481 e. The van der Waals surface area contributed by atoms with Crippen LogP contribution in [0.15, 0.2) is 24.3 Å². The number of carboxylic acid groups (broad SMARTS) is 1. The van der Waals surface area contributed by atoms with Crippen LogP contribution in [0, 0.1) is 16.0 Å². The zero-order valence-electron chi connectivity index (χ0n) is 14.0. The molecule has 1 amide bonds. The van der Waals surface area contributed by atoms with E-state index < -0.39 is 10.9 Å². The second-order valence-corrected chi connectivity index (χ2v) is 6.26. The van der Waals surface area contributed by atoms with Crippen molar-refractivity contribution in [3.05, 3.63) is 34.4 Å². The lowest BCUT2D eigenvalue weighted by Gasteiger charge is -2.31. The van der Waals surface area contributed by atoms with Crippen molar-refractivity contribution in [3.63, 3.8) is 0 Å². The fourth-order valence-electron chi connectivity index (χ4n) is 2.96. The monoisotopic (exact) mass is 349 g/mol. The fourth-order valence-corrected chi connectivity index (χ4v) is 2.96. The molecular formula is C17H23N3O5. The Morgan fingerprint density at radius 1 is 1.24 bits per heavy atom. The smallest absolute Gasteiger partial charge is 0.303 e. The maximum absolute atomic E-state index is 12.2. The van der Waals surface area contributed by atoms with E-state index in [0.29, 0.717) is 32.5 Å². The third-order valence-corrected chi connectivity index (χ3v) is 4.41. The predicted molar refractivity (Wildman–Crippen MR) is 92.4 cm³/mol. The first kappa shape index (κ1) is 18.7. The number of hydrogen-bond donors (Lipinski definition) is 2. The molecule has 0 atom stereocenters. The summed E-state index contributed by atoms with van der Waals surface area (Å²) >= 11 is 0. The van der Waals surface area contributed by atoms with Crippen molar-refractivity contribution in [2.75, 3.05) is 25.0 Å². The van der Waals surface area contributed by atoms with E-state index in [1.807, 2.05) is 4.90 Å². The number of carboxylic acids is 1. The highest BCUT2D eigenvalue weighted by molar-refractivity contribution is 5.76. The molecule has 1 fully saturated rings. The summed E-state index contributed by atoms with van der Waals surface area (Å²) in [6.07, 6.45) is 2.79. The van der Waals surface area contributed by atoms with Gasteiger partial charge in [0.15, 0.2) is 0 Å². The third kappa shape index (κ3) is 6.06. The minimum Gasteiger partial charge on any atom is -0.481 e. The highest BCUT2D eigenvalue weighted by Crippen LogP contribution is 2.21. The number of piperidine rings is 1. The van der Waals surface area contributed by atoms with Gasteiger partial charge in [-0.2, -0.15) is 0 Å². The Hall–Kier alpha value is -2.64. The molecule has 2 N–H and O–H groups in total. The van der Waals surface area contributed by atoms with Gasteiger partial charge in [0.2, 0.25) is 5.91 Å². The van der Waals surface area contributed by atoms with Crippen molar-refractivity contribution in [1.29, 1.82) is 0 Å². The maximum Gasteiger partial charge on any atom is 0.303 e. The Bertz CT molecular complexity index is 609. The lowest BCUT2D eigenvalue weighted by atomic mass is 9.93. The molecule has 0 bridgehead atoms. The molecule has 8 heteroatoms. The van der Waals surface area contributed by atoms with Gasteiger partial charge in [-0.1, -0.05) is 0 Å². The van der Waals surface area contributed by atoms with E-state index in [-0.39, 0.29) is 23.9 Å². The van der Waals surface area contributed by atoms with Crippen molar-refractivity contribution in [2.24, 2.45) is 5.92 Å². The molecule has 1 aromatic carbocycles. The summed E-state index contributed by atoms with van der Waals surface area (Å²) in [5, 5.41) is 22.5. The number of nitrogens with zero attached hydrogens (tertiary/aromatic N) is 2. The summed E-state index contributed by atoms with van der Waals surface area (Å²) in [6, 6.07) is 6.17. The average molecular weight is 349 g/mol. The van der Waals surface area contributed by atoms with Gasteiger partial charge in [-0.25, -0.2) is 0 Å². The number of carbonyl (C=O) groups excluding carboxylic acids is 1. The first-order chi connectivity index (χ1) is 12.0. The zero-order valence-corrected chi connectivity index (χ0v) is 14.0. The van der Waals surface area contributed by atoms with Gasteiger partial charge in [-0.15, -0.1) is 0 Å². The number of rotatable bonds is 8. The number of likely N-dealkylation sites (tertiary alicyclic amines) is 1.